The van der Waals surface area contributed by atoms with Crippen molar-refractivity contribution in [3.8, 4) is 11.1 Å². The molecule has 2 aromatic carbocycles. The zero-order chi connectivity index (χ0) is 24.1. The van der Waals surface area contributed by atoms with E-state index >= 15 is 0 Å². The minimum absolute atomic E-state index is 0.0267. The van der Waals surface area contributed by atoms with Crippen molar-refractivity contribution in [1.29, 1.82) is 0 Å². The van der Waals surface area contributed by atoms with Gasteiger partial charge in [0.2, 0.25) is 5.91 Å². The third kappa shape index (κ3) is 3.78. The summed E-state index contributed by atoms with van der Waals surface area (Å²) in [5.41, 5.74) is 3.55. The number of rotatable bonds is 8. The summed E-state index contributed by atoms with van der Waals surface area (Å²) in [5.74, 6) is -8.59. The van der Waals surface area contributed by atoms with E-state index in [9.17, 15) is 23.2 Å². The number of benzene rings is 2. The van der Waals surface area contributed by atoms with Gasteiger partial charge in [-0.15, -0.1) is 0 Å². The van der Waals surface area contributed by atoms with E-state index in [2.05, 4.69) is 10.6 Å². The Bertz CT molecular complexity index is 1120. The van der Waals surface area contributed by atoms with Gasteiger partial charge in [-0.2, -0.15) is 0 Å². The van der Waals surface area contributed by atoms with Crippen molar-refractivity contribution < 1.29 is 33.0 Å². The number of carboxylic acids is 1. The summed E-state index contributed by atoms with van der Waals surface area (Å²) in [5, 5.41) is 13.9. The van der Waals surface area contributed by atoms with Crippen LogP contribution in [0.25, 0.3) is 11.1 Å². The van der Waals surface area contributed by atoms with E-state index in [0.29, 0.717) is 12.8 Å². The summed E-state index contributed by atoms with van der Waals surface area (Å²) in [6, 6.07) is 16.0. The first-order chi connectivity index (χ1) is 16.2. The molecule has 2 saturated carbocycles. The molecule has 2 aromatic rings. The highest BCUT2D eigenvalue weighted by molar-refractivity contribution is 5.86. The lowest BCUT2D eigenvalue weighted by Crippen LogP contribution is -2.41. The minimum atomic E-state index is -3.31. The molecular weight excluding hydrogens is 446 g/mol. The highest BCUT2D eigenvalue weighted by Crippen LogP contribution is 2.55. The van der Waals surface area contributed by atoms with Crippen LogP contribution in [0, 0.1) is 17.3 Å². The molecule has 0 spiro atoms. The lowest BCUT2D eigenvalue weighted by atomic mass is 9.98. The molecule has 2 atom stereocenters. The predicted molar refractivity (Wildman–Crippen MR) is 117 cm³/mol. The number of fused-ring (bicyclic) bond motifs is 3. The minimum Gasteiger partial charge on any atom is -0.481 e. The molecule has 7 nitrogen and oxygen atoms in total. The monoisotopic (exact) mass is 470 g/mol. The van der Waals surface area contributed by atoms with E-state index in [-0.39, 0.29) is 19.1 Å². The average molecular weight is 470 g/mol. The zero-order valence-corrected chi connectivity index (χ0v) is 18.2. The Balaban J connectivity index is 1.12. The van der Waals surface area contributed by atoms with Gasteiger partial charge in [0.25, 0.3) is 5.92 Å². The first-order valence-corrected chi connectivity index (χ1v) is 11.2. The smallest absolute Gasteiger partial charge is 0.407 e. The van der Waals surface area contributed by atoms with Gasteiger partial charge in [-0.05, 0) is 35.1 Å². The van der Waals surface area contributed by atoms with Crippen molar-refractivity contribution >= 4 is 18.0 Å². The van der Waals surface area contributed by atoms with E-state index in [4.69, 9.17) is 9.84 Å². The number of nitrogens with one attached hydrogen (secondary N) is 2. The summed E-state index contributed by atoms with van der Waals surface area (Å²) >= 11 is 0. The number of alkyl carbamates (subject to hydrolysis) is 1. The number of ether oxygens (including phenoxy) is 1. The zero-order valence-electron chi connectivity index (χ0n) is 18.2. The summed E-state index contributed by atoms with van der Waals surface area (Å²) in [4.78, 5) is 35.7. The Morgan fingerprint density at radius 3 is 2.09 bits per heavy atom. The van der Waals surface area contributed by atoms with Crippen molar-refractivity contribution in [2.45, 2.75) is 24.7 Å². The molecule has 2 fully saturated rings. The Labute approximate surface area is 194 Å². The number of aliphatic carboxylic acids is 1. The summed E-state index contributed by atoms with van der Waals surface area (Å²) < 4.78 is 32.5. The standard InChI is InChI=1S/C25H24F2N2O5/c26-25(27)19(20(25)21(30)31)11-28-22(32)24(9-10-24)13-29-23(33)34-12-18-16-7-3-1-5-14(16)15-6-2-4-8-17(15)18/h1-8,18-20H,9-13H2,(H,28,32)(H,29,33)(H,30,31). The lowest BCUT2D eigenvalue weighted by molar-refractivity contribution is -0.141. The van der Waals surface area contributed by atoms with E-state index in [1.165, 1.54) is 0 Å². The highest BCUT2D eigenvalue weighted by Gasteiger charge is 2.72. The van der Waals surface area contributed by atoms with Crippen molar-refractivity contribution in [1.82, 2.24) is 10.6 Å². The molecule has 3 N–H and O–H groups in total. The van der Waals surface area contributed by atoms with Crippen molar-refractivity contribution in [2.75, 3.05) is 19.7 Å². The maximum absolute atomic E-state index is 13.5. The third-order valence-corrected chi connectivity index (χ3v) is 7.20. The van der Waals surface area contributed by atoms with Crippen LogP contribution in [0.15, 0.2) is 48.5 Å². The molecule has 5 rings (SSSR count). The molecule has 0 saturated heterocycles. The third-order valence-electron chi connectivity index (χ3n) is 7.20. The van der Waals surface area contributed by atoms with Crippen LogP contribution >= 0.6 is 0 Å². The van der Waals surface area contributed by atoms with Gasteiger partial charge in [-0.25, -0.2) is 13.6 Å². The second-order valence-corrected chi connectivity index (χ2v) is 9.27. The first kappa shape index (κ1) is 22.3. The summed E-state index contributed by atoms with van der Waals surface area (Å²) in [6.45, 7) is -0.235. The van der Waals surface area contributed by atoms with Crippen LogP contribution < -0.4 is 10.6 Å². The predicted octanol–water partition coefficient (Wildman–Crippen LogP) is 3.39. The summed E-state index contributed by atoms with van der Waals surface area (Å²) in [7, 11) is 0. The molecule has 0 heterocycles. The molecule has 0 radical (unpaired) electrons. The van der Waals surface area contributed by atoms with Crippen molar-refractivity contribution in [2.24, 2.45) is 17.3 Å². The molecule has 9 heteroatoms. The Morgan fingerprint density at radius 1 is 0.971 bits per heavy atom. The molecule has 34 heavy (non-hydrogen) atoms. The fourth-order valence-corrected chi connectivity index (χ4v) is 4.90. The number of halogens is 2. The fourth-order valence-electron chi connectivity index (χ4n) is 4.90. The van der Waals surface area contributed by atoms with Gasteiger partial charge in [0.15, 0.2) is 0 Å². The highest BCUT2D eigenvalue weighted by atomic mass is 19.3. The Kier molecular flexibility index (Phi) is 5.30. The number of hydrogen-bond acceptors (Lipinski definition) is 4. The second kappa shape index (κ2) is 8.07. The number of hydrogen-bond donors (Lipinski definition) is 3. The van der Waals surface area contributed by atoms with E-state index in [1.54, 1.807) is 0 Å². The molecule has 0 bridgehead atoms. The molecule has 3 aliphatic rings. The van der Waals surface area contributed by atoms with Gasteiger partial charge in [-0.3, -0.25) is 9.59 Å². The number of amides is 2. The maximum Gasteiger partial charge on any atom is 0.407 e. The van der Waals surface area contributed by atoms with Crippen LogP contribution in [0.3, 0.4) is 0 Å². The quantitative estimate of drug-likeness (QED) is 0.549. The van der Waals surface area contributed by atoms with Crippen LogP contribution in [0.1, 0.15) is 29.9 Å². The van der Waals surface area contributed by atoms with E-state index in [0.717, 1.165) is 22.3 Å². The molecule has 178 valence electrons. The van der Waals surface area contributed by atoms with Gasteiger partial charge in [0.1, 0.15) is 12.5 Å². The van der Waals surface area contributed by atoms with Crippen molar-refractivity contribution in [3.63, 3.8) is 0 Å². The van der Waals surface area contributed by atoms with Crippen molar-refractivity contribution in [3.05, 3.63) is 59.7 Å². The van der Waals surface area contributed by atoms with Gasteiger partial charge in [0.05, 0.1) is 11.3 Å². The summed E-state index contributed by atoms with van der Waals surface area (Å²) in [6.07, 6.45) is 0.360. The lowest BCUT2D eigenvalue weighted by Gasteiger charge is -2.18. The Hall–Kier alpha value is -3.49. The maximum atomic E-state index is 13.5. The normalized spacial score (nSPS) is 22.8. The van der Waals surface area contributed by atoms with Gasteiger partial charge in [-0.1, -0.05) is 48.5 Å². The van der Waals surface area contributed by atoms with Crippen LogP contribution in [0.4, 0.5) is 13.6 Å². The van der Waals surface area contributed by atoms with Gasteiger partial charge in [0, 0.05) is 19.0 Å². The van der Waals surface area contributed by atoms with Crippen LogP contribution in [0.5, 0.6) is 0 Å². The van der Waals surface area contributed by atoms with Crippen LogP contribution in [0.2, 0.25) is 0 Å². The number of carbonyl (C=O) groups is 3. The number of carbonyl (C=O) groups excluding carboxylic acids is 2. The second-order valence-electron chi connectivity index (χ2n) is 9.27. The average Bonchev–Trinajstić information content (AvgIpc) is 3.69. The van der Waals surface area contributed by atoms with Gasteiger partial charge < -0.3 is 20.5 Å². The molecule has 2 amide bonds. The fraction of sp³-hybridized carbons (Fsp3) is 0.400. The van der Waals surface area contributed by atoms with E-state index in [1.807, 2.05) is 48.5 Å². The van der Waals surface area contributed by atoms with E-state index < -0.39 is 47.7 Å². The molecule has 0 aromatic heterocycles. The van der Waals surface area contributed by atoms with Crippen LogP contribution in [-0.4, -0.2) is 48.7 Å². The molecule has 3 aliphatic carbocycles. The number of alkyl halides is 2. The molecular formula is C25H24F2N2O5. The number of carboxylic acid groups (broad SMARTS) is 1. The molecule has 0 aliphatic heterocycles. The first-order valence-electron chi connectivity index (χ1n) is 11.2. The molecule has 2 unspecified atom stereocenters. The van der Waals surface area contributed by atoms with Gasteiger partial charge >= 0.3 is 12.1 Å². The Morgan fingerprint density at radius 2 is 1.56 bits per heavy atom. The van der Waals surface area contributed by atoms with Crippen LogP contribution in [-0.2, 0) is 14.3 Å². The largest absolute Gasteiger partial charge is 0.481 e. The topological polar surface area (TPSA) is 105 Å². The SMILES string of the molecule is O=C(NCC1(C(=O)NCC2C(C(=O)O)C2(F)F)CC1)OCC1c2ccccc2-c2ccccc21.